The van der Waals surface area contributed by atoms with Crippen LogP contribution in [0.4, 0.5) is 0 Å². The Bertz CT molecular complexity index is 244. The molecule has 0 aromatic rings. The molecule has 19 heavy (non-hydrogen) atoms. The Morgan fingerprint density at radius 1 is 1.37 bits per heavy atom. The smallest absolute Gasteiger partial charge is 0.0510 e. The lowest BCUT2D eigenvalue weighted by molar-refractivity contribution is 0.112. The number of hydrogen-bond acceptors (Lipinski definition) is 3. The molecule has 3 nitrogen and oxygen atoms in total. The van der Waals surface area contributed by atoms with Gasteiger partial charge < -0.3 is 15.0 Å². The van der Waals surface area contributed by atoms with Gasteiger partial charge in [-0.3, -0.25) is 0 Å². The van der Waals surface area contributed by atoms with Crippen molar-refractivity contribution in [2.24, 2.45) is 11.3 Å². The van der Waals surface area contributed by atoms with Gasteiger partial charge in [-0.1, -0.05) is 27.7 Å². The van der Waals surface area contributed by atoms with Gasteiger partial charge in [0.2, 0.25) is 0 Å². The molecule has 1 N–H and O–H groups in total. The van der Waals surface area contributed by atoms with Crippen LogP contribution in [0, 0.1) is 11.3 Å². The van der Waals surface area contributed by atoms with E-state index in [0.717, 1.165) is 26.3 Å². The van der Waals surface area contributed by atoms with Crippen molar-refractivity contribution in [3.8, 4) is 0 Å². The molecule has 114 valence electrons. The molecule has 0 radical (unpaired) electrons. The number of likely N-dealkylation sites (N-methyl/N-ethyl adjacent to an activating group) is 1. The molecule has 3 heteroatoms. The zero-order chi connectivity index (χ0) is 14.5. The lowest BCUT2D eigenvalue weighted by atomic mass is 9.86. The summed E-state index contributed by atoms with van der Waals surface area (Å²) in [6.07, 6.45) is 2.40. The minimum Gasteiger partial charge on any atom is -0.381 e. The average Bonchev–Trinajstić information content (AvgIpc) is 2.85. The summed E-state index contributed by atoms with van der Waals surface area (Å²) in [5.41, 5.74) is 0.330. The first kappa shape index (κ1) is 16.9. The number of nitrogens with one attached hydrogen (secondary N) is 1. The average molecular weight is 270 g/mol. The number of rotatable bonds is 7. The lowest BCUT2D eigenvalue weighted by Crippen LogP contribution is -2.50. The van der Waals surface area contributed by atoms with Crippen LogP contribution in [0.2, 0.25) is 0 Å². The minimum absolute atomic E-state index is 0.330. The molecule has 0 amide bonds. The maximum atomic E-state index is 5.57. The normalized spacial score (nSPS) is 23.8. The summed E-state index contributed by atoms with van der Waals surface area (Å²) >= 11 is 0. The summed E-state index contributed by atoms with van der Waals surface area (Å²) < 4.78 is 5.57. The van der Waals surface area contributed by atoms with Crippen molar-refractivity contribution in [3.63, 3.8) is 0 Å². The SMILES string of the molecule is CCCNC(CN(C)C(C)C(C)(C)C)C1CCOC1. The van der Waals surface area contributed by atoms with E-state index in [-0.39, 0.29) is 0 Å². The van der Waals surface area contributed by atoms with E-state index >= 15 is 0 Å². The molecule has 1 aliphatic rings. The van der Waals surface area contributed by atoms with Gasteiger partial charge in [0, 0.05) is 31.2 Å². The monoisotopic (exact) mass is 270 g/mol. The summed E-state index contributed by atoms with van der Waals surface area (Å²) in [7, 11) is 2.26. The largest absolute Gasteiger partial charge is 0.381 e. The van der Waals surface area contributed by atoms with Crippen LogP contribution in [0.15, 0.2) is 0 Å². The zero-order valence-electron chi connectivity index (χ0n) is 13.8. The van der Waals surface area contributed by atoms with Crippen LogP contribution in [0.25, 0.3) is 0 Å². The molecule has 3 atom stereocenters. The van der Waals surface area contributed by atoms with Crippen molar-refractivity contribution < 1.29 is 4.74 Å². The van der Waals surface area contributed by atoms with Gasteiger partial charge in [0.05, 0.1) is 6.61 Å². The van der Waals surface area contributed by atoms with Gasteiger partial charge in [0.15, 0.2) is 0 Å². The summed E-state index contributed by atoms with van der Waals surface area (Å²) in [6, 6.07) is 1.15. The molecule has 1 rings (SSSR count). The van der Waals surface area contributed by atoms with E-state index in [9.17, 15) is 0 Å². The Morgan fingerprint density at radius 3 is 2.53 bits per heavy atom. The molecular formula is C16H34N2O. The Kier molecular flexibility index (Phi) is 6.78. The van der Waals surface area contributed by atoms with E-state index in [0.29, 0.717) is 23.4 Å². The van der Waals surface area contributed by atoms with Gasteiger partial charge in [-0.15, -0.1) is 0 Å². The van der Waals surface area contributed by atoms with E-state index in [2.05, 4.69) is 51.9 Å². The van der Waals surface area contributed by atoms with Crippen LogP contribution >= 0.6 is 0 Å². The topological polar surface area (TPSA) is 24.5 Å². The van der Waals surface area contributed by atoms with Gasteiger partial charge in [0.25, 0.3) is 0 Å². The quantitative estimate of drug-likeness (QED) is 0.770. The van der Waals surface area contributed by atoms with Gasteiger partial charge in [-0.25, -0.2) is 0 Å². The van der Waals surface area contributed by atoms with Crippen molar-refractivity contribution in [1.82, 2.24) is 10.2 Å². The van der Waals surface area contributed by atoms with Crippen LogP contribution in [0.5, 0.6) is 0 Å². The Hall–Kier alpha value is -0.120. The van der Waals surface area contributed by atoms with Crippen molar-refractivity contribution in [1.29, 1.82) is 0 Å². The molecule has 0 spiro atoms. The fourth-order valence-electron chi connectivity index (χ4n) is 2.71. The lowest BCUT2D eigenvalue weighted by Gasteiger charge is -2.38. The van der Waals surface area contributed by atoms with E-state index < -0.39 is 0 Å². The van der Waals surface area contributed by atoms with Crippen molar-refractivity contribution in [3.05, 3.63) is 0 Å². The van der Waals surface area contributed by atoms with Crippen molar-refractivity contribution in [2.75, 3.05) is 33.4 Å². The van der Waals surface area contributed by atoms with Crippen LogP contribution in [-0.2, 0) is 4.74 Å². The minimum atomic E-state index is 0.330. The molecular weight excluding hydrogens is 236 g/mol. The third kappa shape index (κ3) is 5.41. The van der Waals surface area contributed by atoms with Gasteiger partial charge in [0.1, 0.15) is 0 Å². The first-order valence-electron chi connectivity index (χ1n) is 7.87. The Morgan fingerprint density at radius 2 is 2.05 bits per heavy atom. The number of hydrogen-bond donors (Lipinski definition) is 1. The maximum Gasteiger partial charge on any atom is 0.0510 e. The van der Waals surface area contributed by atoms with E-state index in [1.54, 1.807) is 0 Å². The first-order chi connectivity index (χ1) is 8.86. The molecule has 0 aliphatic carbocycles. The van der Waals surface area contributed by atoms with Crippen molar-refractivity contribution >= 4 is 0 Å². The Labute approximate surface area is 120 Å². The number of nitrogens with zero attached hydrogens (tertiary/aromatic N) is 1. The molecule has 0 saturated carbocycles. The van der Waals surface area contributed by atoms with E-state index in [1.165, 1.54) is 12.8 Å². The van der Waals surface area contributed by atoms with E-state index in [1.807, 2.05) is 0 Å². The first-order valence-corrected chi connectivity index (χ1v) is 7.87. The molecule has 1 aliphatic heterocycles. The predicted molar refractivity (Wildman–Crippen MR) is 82.6 cm³/mol. The summed E-state index contributed by atoms with van der Waals surface area (Å²) in [5.74, 6) is 0.682. The predicted octanol–water partition coefficient (Wildman–Crippen LogP) is 2.76. The second-order valence-corrected chi connectivity index (χ2v) is 7.17. The Balaban J connectivity index is 2.55. The maximum absolute atomic E-state index is 5.57. The fourth-order valence-corrected chi connectivity index (χ4v) is 2.71. The second kappa shape index (κ2) is 7.61. The molecule has 0 aromatic heterocycles. The summed E-state index contributed by atoms with van der Waals surface area (Å²) in [6.45, 7) is 15.6. The highest BCUT2D eigenvalue weighted by atomic mass is 16.5. The van der Waals surface area contributed by atoms with Gasteiger partial charge >= 0.3 is 0 Å². The van der Waals surface area contributed by atoms with Crippen LogP contribution in [-0.4, -0.2) is 50.3 Å². The molecule has 0 bridgehead atoms. The van der Waals surface area contributed by atoms with Crippen LogP contribution < -0.4 is 5.32 Å². The van der Waals surface area contributed by atoms with E-state index in [4.69, 9.17) is 4.74 Å². The number of ether oxygens (including phenoxy) is 1. The fraction of sp³-hybridized carbons (Fsp3) is 1.00. The highest BCUT2D eigenvalue weighted by Crippen LogP contribution is 2.24. The summed E-state index contributed by atoms with van der Waals surface area (Å²) in [5, 5.41) is 3.73. The zero-order valence-corrected chi connectivity index (χ0v) is 13.8. The van der Waals surface area contributed by atoms with Crippen LogP contribution in [0.3, 0.4) is 0 Å². The van der Waals surface area contributed by atoms with Crippen LogP contribution in [0.1, 0.15) is 47.5 Å². The molecule has 1 heterocycles. The van der Waals surface area contributed by atoms with Crippen molar-refractivity contribution in [2.45, 2.75) is 59.5 Å². The molecule has 0 aromatic carbocycles. The highest BCUT2D eigenvalue weighted by molar-refractivity contribution is 4.85. The molecule has 1 saturated heterocycles. The molecule has 1 fully saturated rings. The third-order valence-corrected chi connectivity index (χ3v) is 4.59. The second-order valence-electron chi connectivity index (χ2n) is 7.17. The summed E-state index contributed by atoms with van der Waals surface area (Å²) in [4.78, 5) is 2.51. The third-order valence-electron chi connectivity index (χ3n) is 4.59. The van der Waals surface area contributed by atoms with Gasteiger partial charge in [-0.2, -0.15) is 0 Å². The molecule has 3 unspecified atom stereocenters. The highest BCUT2D eigenvalue weighted by Gasteiger charge is 2.30. The van der Waals surface area contributed by atoms with Gasteiger partial charge in [-0.05, 0) is 38.8 Å². The standard InChI is InChI=1S/C16H34N2O/c1-7-9-17-15(14-8-10-19-12-14)11-18(6)13(2)16(3,4)5/h13-15,17H,7-12H2,1-6H3.